The number of carboxylic acids is 1. The molecule has 0 aliphatic carbocycles. The molecular weight excluding hydrogens is 1110 g/mol. The summed E-state index contributed by atoms with van der Waals surface area (Å²) in [6.45, 7) is 7.46. The number of rotatable bonds is 23. The lowest BCUT2D eigenvalue weighted by molar-refractivity contribution is -0.155. The number of halogens is 4. The molecule has 2 aromatic heterocycles. The van der Waals surface area contributed by atoms with E-state index in [2.05, 4.69) is 31.0 Å². The predicted octanol–water partition coefficient (Wildman–Crippen LogP) is 4.57. The van der Waals surface area contributed by atoms with Gasteiger partial charge in [-0.3, -0.25) is 30.2 Å². The lowest BCUT2D eigenvalue weighted by Gasteiger charge is -2.27. The van der Waals surface area contributed by atoms with Crippen LogP contribution in [0.1, 0.15) is 32.2 Å². The Morgan fingerprint density at radius 2 is 1.06 bits per heavy atom. The Kier molecular flexibility index (Phi) is 25.2. The maximum Gasteiger partial charge on any atom is 0.336 e. The molecular formula is C54H62Cl2F2N8O15. The van der Waals surface area contributed by atoms with Gasteiger partial charge in [0.2, 0.25) is 11.5 Å². The van der Waals surface area contributed by atoms with E-state index in [9.17, 15) is 38.2 Å². The normalized spacial score (nSPS) is 14.4. The summed E-state index contributed by atoms with van der Waals surface area (Å²) >= 11 is 12.0. The molecule has 81 heavy (non-hydrogen) atoms. The second-order valence-electron chi connectivity index (χ2n) is 17.9. The van der Waals surface area contributed by atoms with Crippen molar-refractivity contribution in [2.75, 3.05) is 106 Å². The van der Waals surface area contributed by atoms with Crippen molar-refractivity contribution in [3.63, 3.8) is 0 Å². The molecule has 23 nitrogen and oxygen atoms in total. The fourth-order valence-corrected chi connectivity index (χ4v) is 8.16. The van der Waals surface area contributed by atoms with Crippen molar-refractivity contribution in [1.82, 2.24) is 41.0 Å². The van der Waals surface area contributed by atoms with E-state index >= 15 is 0 Å². The van der Waals surface area contributed by atoms with Crippen LogP contribution in [0.3, 0.4) is 0 Å². The van der Waals surface area contributed by atoms with Crippen molar-refractivity contribution in [1.29, 1.82) is 0 Å². The minimum Gasteiger partial charge on any atom is -0.479 e. The first-order valence-corrected chi connectivity index (χ1v) is 26.0. The van der Waals surface area contributed by atoms with Crippen LogP contribution in [0.25, 0.3) is 22.3 Å². The topological polar surface area (TPSA) is 284 Å². The second-order valence-corrected chi connectivity index (χ2v) is 18.8. The fourth-order valence-electron chi connectivity index (χ4n) is 7.81. The number of methoxy groups -OCH3 is 2. The van der Waals surface area contributed by atoms with E-state index in [-0.39, 0.29) is 56.1 Å². The van der Waals surface area contributed by atoms with E-state index < -0.39 is 54.1 Å². The highest BCUT2D eigenvalue weighted by Crippen LogP contribution is 2.28. The van der Waals surface area contributed by atoms with E-state index in [4.69, 9.17) is 66.1 Å². The fraction of sp³-hybridized carbons (Fsp3) is 0.370. The number of β-amino-alcohol motifs (C(OH)–C–C–N with tert-alkyl or cyclic N) is 1. The molecule has 2 fully saturated rings. The number of hydrazine groups is 2. The molecule has 4 aromatic carbocycles. The lowest BCUT2D eigenvalue weighted by atomic mass is 10.0. The number of benzene rings is 4. The number of carboxylic acid groups (broad SMARTS) is 1. The summed E-state index contributed by atoms with van der Waals surface area (Å²) in [6.07, 6.45) is -3.30. The highest BCUT2D eigenvalue weighted by Gasteiger charge is 2.26. The van der Waals surface area contributed by atoms with Crippen LogP contribution in [0.5, 0.6) is 11.8 Å². The number of hydrogen-bond acceptors (Lipinski definition) is 20. The van der Waals surface area contributed by atoms with Crippen molar-refractivity contribution in [2.24, 2.45) is 0 Å². The van der Waals surface area contributed by atoms with Gasteiger partial charge in [-0.1, -0.05) is 71.7 Å². The van der Waals surface area contributed by atoms with Crippen LogP contribution in [0.15, 0.2) is 106 Å². The zero-order valence-corrected chi connectivity index (χ0v) is 45.7. The van der Waals surface area contributed by atoms with Crippen LogP contribution in [0.4, 0.5) is 8.78 Å². The average Bonchev–Trinajstić information content (AvgIpc) is 4.24. The van der Waals surface area contributed by atoms with Gasteiger partial charge >= 0.3 is 23.8 Å². The van der Waals surface area contributed by atoms with Crippen molar-refractivity contribution < 1.29 is 81.1 Å². The highest BCUT2D eigenvalue weighted by atomic mass is 35.5. The summed E-state index contributed by atoms with van der Waals surface area (Å²) in [5, 5.41) is 48.4. The highest BCUT2D eigenvalue weighted by molar-refractivity contribution is 6.31. The molecule has 2 aliphatic heterocycles. The summed E-state index contributed by atoms with van der Waals surface area (Å²) in [6, 6.07) is 24.7. The predicted molar refractivity (Wildman–Crippen MR) is 288 cm³/mol. The van der Waals surface area contributed by atoms with Crippen LogP contribution < -0.4 is 20.3 Å². The van der Waals surface area contributed by atoms with E-state index in [1.165, 1.54) is 72.8 Å². The first-order chi connectivity index (χ1) is 39.0. The quantitative estimate of drug-likeness (QED) is 0.0378. The summed E-state index contributed by atoms with van der Waals surface area (Å²) in [5.41, 5.74) is 8.32. The Morgan fingerprint density at radius 3 is 1.46 bits per heavy atom. The molecule has 0 bridgehead atoms. The molecule has 6 aromatic rings. The number of aliphatic carboxylic acids is 1. The molecule has 4 heterocycles. The lowest BCUT2D eigenvalue weighted by Crippen LogP contribution is -2.47. The Labute approximate surface area is 474 Å². The number of carbonyl (C=O) groups is 4. The number of hydrogen-bond donors (Lipinski definition) is 6. The summed E-state index contributed by atoms with van der Waals surface area (Å²) in [7, 11) is 2.74. The summed E-state index contributed by atoms with van der Waals surface area (Å²) in [5.74, 6) is -4.57. The SMILES string of the molecule is COc1cc(C(=O)NN(Cc2ccc(-c3cc(Cl)ccc3F)cc2)C[C@@H](O)C(=O)O)on1.COc1cc(C(=O)NN(Cc2ccc(-c3cc(Cl)ccc3F)cc2)C[C@@H](O)C(=O)OCCN2CCOCC2)on1.OCCN1CCOCC1. The minimum atomic E-state index is -1.75. The van der Waals surface area contributed by atoms with E-state index in [1.807, 2.05) is 0 Å². The Balaban J connectivity index is 0.000000229. The van der Waals surface area contributed by atoms with Gasteiger partial charge in [0.1, 0.15) is 18.2 Å². The van der Waals surface area contributed by atoms with Crippen molar-refractivity contribution in [3.05, 3.63) is 141 Å². The van der Waals surface area contributed by atoms with Gasteiger partial charge in [-0.25, -0.2) is 28.4 Å². The molecule has 0 unspecified atom stereocenters. The molecule has 8 rings (SSSR count). The van der Waals surface area contributed by atoms with Crippen molar-refractivity contribution >= 4 is 47.0 Å². The molecule has 2 aliphatic rings. The van der Waals surface area contributed by atoms with Crippen LogP contribution in [-0.2, 0) is 36.9 Å². The number of aromatic nitrogens is 2. The van der Waals surface area contributed by atoms with Gasteiger partial charge in [0.15, 0.2) is 12.2 Å². The van der Waals surface area contributed by atoms with Gasteiger partial charge in [-0.15, -0.1) is 0 Å². The van der Waals surface area contributed by atoms with Crippen LogP contribution >= 0.6 is 23.2 Å². The van der Waals surface area contributed by atoms with E-state index in [1.54, 1.807) is 48.5 Å². The molecule has 2 saturated heterocycles. The monoisotopic (exact) mass is 1170 g/mol. The second kappa shape index (κ2) is 32.3. The third-order valence-corrected chi connectivity index (χ3v) is 12.6. The van der Waals surface area contributed by atoms with Crippen molar-refractivity contribution in [2.45, 2.75) is 25.3 Å². The average molecular weight is 1170 g/mol. The first kappa shape index (κ1) is 63.0. The number of nitrogens with one attached hydrogen (secondary N) is 2. The molecule has 0 radical (unpaired) electrons. The molecule has 6 N–H and O–H groups in total. The molecule has 2 atom stereocenters. The smallest absolute Gasteiger partial charge is 0.336 e. The van der Waals surface area contributed by atoms with Gasteiger partial charge in [0.05, 0.1) is 72.5 Å². The molecule has 27 heteroatoms. The zero-order chi connectivity index (χ0) is 58.3. The van der Waals surface area contributed by atoms with Crippen LogP contribution in [-0.4, -0.2) is 193 Å². The van der Waals surface area contributed by atoms with Crippen LogP contribution in [0, 0.1) is 11.6 Å². The zero-order valence-electron chi connectivity index (χ0n) is 44.2. The number of aliphatic hydroxyl groups excluding tert-OH is 3. The summed E-state index contributed by atoms with van der Waals surface area (Å²) < 4.78 is 63.7. The third-order valence-electron chi connectivity index (χ3n) is 12.1. The number of aliphatic hydroxyl groups is 3. The Hall–Kier alpha value is -7.14. The van der Waals surface area contributed by atoms with Gasteiger partial charge in [0.25, 0.3) is 11.8 Å². The van der Waals surface area contributed by atoms with E-state index in [0.717, 1.165) is 45.9 Å². The Morgan fingerprint density at radius 1 is 0.642 bits per heavy atom. The van der Waals surface area contributed by atoms with Crippen LogP contribution in [0.2, 0.25) is 10.0 Å². The standard InChI is InChI=1S/C27H30ClFN4O7.C21H19ClFN3O6.C6H13NO2/c1-37-25-15-24(40-31-25)26(35)30-33(17-23(34)27(36)39-13-10-32-8-11-38-12-9-32)16-18-2-4-19(5-3-18)21-14-20(28)6-7-22(21)29;1-31-19-9-18(32-25-19)20(28)24-26(11-17(27)21(29)30)10-12-2-4-13(5-3-12)15-8-14(22)6-7-16(15)23;8-4-1-7-2-5-9-6-3-7/h2-7,14-15,23,34H,8-13,16-17H2,1H3,(H,30,35);2-9,17,27H,10-11H2,1H3,(H,24,28)(H,29,30);8H,1-6H2/t23-;17-;/m11./s1. The number of nitrogens with zero attached hydrogens (tertiary/aromatic N) is 6. The molecule has 0 spiro atoms. The first-order valence-electron chi connectivity index (χ1n) is 25.2. The number of carbonyl (C=O) groups excluding carboxylic acids is 3. The van der Waals surface area contributed by atoms with Crippen molar-refractivity contribution in [3.8, 4) is 34.0 Å². The maximum atomic E-state index is 14.3. The number of ether oxygens (including phenoxy) is 5. The molecule has 0 saturated carbocycles. The Bertz CT molecular complexity index is 2940. The van der Waals surface area contributed by atoms with Gasteiger partial charge < -0.3 is 53.2 Å². The summed E-state index contributed by atoms with van der Waals surface area (Å²) in [4.78, 5) is 53.0. The maximum absolute atomic E-state index is 14.3. The third kappa shape index (κ3) is 20.4. The van der Waals surface area contributed by atoms with Gasteiger partial charge in [-0.2, -0.15) is 0 Å². The van der Waals surface area contributed by atoms with Gasteiger partial charge in [-0.05, 0) is 69.0 Å². The van der Waals surface area contributed by atoms with E-state index in [0.29, 0.717) is 63.2 Å². The molecule has 436 valence electrons. The largest absolute Gasteiger partial charge is 0.479 e. The number of amides is 2. The number of esters is 1. The molecule has 2 amide bonds. The van der Waals surface area contributed by atoms with Gasteiger partial charge in [0, 0.05) is 73.5 Å². The minimum absolute atomic E-state index is 0.0413. The number of morpholine rings is 2.